The second-order valence-electron chi connectivity index (χ2n) is 1.60. The SMILES string of the molecule is COCCOCCOC.[Fe]. The van der Waals surface area contributed by atoms with Crippen LogP contribution in [-0.2, 0) is 31.3 Å². The molecule has 0 aliphatic rings. The summed E-state index contributed by atoms with van der Waals surface area (Å²) in [6.07, 6.45) is 0. The molecule has 10 heavy (non-hydrogen) atoms. The van der Waals surface area contributed by atoms with Crippen molar-refractivity contribution in [1.29, 1.82) is 0 Å². The van der Waals surface area contributed by atoms with Crippen molar-refractivity contribution in [1.82, 2.24) is 0 Å². The van der Waals surface area contributed by atoms with E-state index in [0.717, 1.165) is 0 Å². The van der Waals surface area contributed by atoms with E-state index in [1.807, 2.05) is 0 Å². The molecule has 0 saturated heterocycles. The van der Waals surface area contributed by atoms with Crippen molar-refractivity contribution in [3.63, 3.8) is 0 Å². The van der Waals surface area contributed by atoms with Crippen LogP contribution < -0.4 is 0 Å². The Kier molecular flexibility index (Phi) is 15.8. The van der Waals surface area contributed by atoms with Gasteiger partial charge in [-0.05, 0) is 0 Å². The van der Waals surface area contributed by atoms with Gasteiger partial charge in [0.25, 0.3) is 0 Å². The Morgan fingerprint density at radius 3 is 1.50 bits per heavy atom. The van der Waals surface area contributed by atoms with E-state index in [1.165, 1.54) is 0 Å². The van der Waals surface area contributed by atoms with Crippen LogP contribution in [0.25, 0.3) is 0 Å². The third-order valence-electron chi connectivity index (χ3n) is 0.864. The van der Waals surface area contributed by atoms with Crippen molar-refractivity contribution >= 4 is 0 Å². The van der Waals surface area contributed by atoms with Crippen LogP contribution in [0.3, 0.4) is 0 Å². The topological polar surface area (TPSA) is 27.7 Å². The first-order valence-corrected chi connectivity index (χ1v) is 2.97. The fourth-order valence-electron chi connectivity index (χ4n) is 0.387. The molecule has 0 spiro atoms. The minimum Gasteiger partial charge on any atom is -0.382 e. The quantitative estimate of drug-likeness (QED) is 0.445. The maximum absolute atomic E-state index is 5.06. The van der Waals surface area contributed by atoms with Gasteiger partial charge in [0.15, 0.2) is 0 Å². The molecule has 0 amide bonds. The first-order valence-electron chi connectivity index (χ1n) is 2.97. The van der Waals surface area contributed by atoms with Gasteiger partial charge in [0.2, 0.25) is 0 Å². The number of ether oxygens (including phenoxy) is 3. The van der Waals surface area contributed by atoms with Gasteiger partial charge in [-0.3, -0.25) is 0 Å². The largest absolute Gasteiger partial charge is 0.382 e. The van der Waals surface area contributed by atoms with Gasteiger partial charge in [0, 0.05) is 31.3 Å². The monoisotopic (exact) mass is 190 g/mol. The number of hydrogen-bond donors (Lipinski definition) is 0. The molecule has 0 N–H and O–H groups in total. The molecule has 0 rings (SSSR count). The molecule has 0 aromatic rings. The van der Waals surface area contributed by atoms with E-state index in [2.05, 4.69) is 0 Å². The average molecular weight is 190 g/mol. The van der Waals surface area contributed by atoms with Crippen LogP contribution in [-0.4, -0.2) is 40.6 Å². The second kappa shape index (κ2) is 12.1. The molecule has 0 aliphatic heterocycles. The second-order valence-corrected chi connectivity index (χ2v) is 1.60. The van der Waals surface area contributed by atoms with Crippen LogP contribution in [0.15, 0.2) is 0 Å². The van der Waals surface area contributed by atoms with Gasteiger partial charge >= 0.3 is 0 Å². The van der Waals surface area contributed by atoms with E-state index in [-0.39, 0.29) is 17.1 Å². The molecule has 0 aromatic heterocycles. The predicted molar refractivity (Wildman–Crippen MR) is 34.6 cm³/mol. The Morgan fingerprint density at radius 2 is 1.20 bits per heavy atom. The molecular formula is C6H14FeO3. The summed E-state index contributed by atoms with van der Waals surface area (Å²) in [5.41, 5.74) is 0. The molecule has 0 aromatic carbocycles. The van der Waals surface area contributed by atoms with Crippen LogP contribution in [0.4, 0.5) is 0 Å². The van der Waals surface area contributed by atoms with E-state index in [0.29, 0.717) is 26.4 Å². The van der Waals surface area contributed by atoms with Crippen molar-refractivity contribution in [2.24, 2.45) is 0 Å². The molecule has 0 fully saturated rings. The molecule has 0 heterocycles. The van der Waals surface area contributed by atoms with Crippen molar-refractivity contribution in [3.05, 3.63) is 0 Å². The first-order chi connectivity index (χ1) is 4.41. The zero-order valence-electron chi connectivity index (χ0n) is 6.41. The van der Waals surface area contributed by atoms with Crippen molar-refractivity contribution < 1.29 is 31.3 Å². The normalized spacial score (nSPS) is 9.00. The van der Waals surface area contributed by atoms with Crippen molar-refractivity contribution in [3.8, 4) is 0 Å². The predicted octanol–water partition coefficient (Wildman–Crippen LogP) is 0.293. The molecule has 0 atom stereocenters. The molecular weight excluding hydrogens is 176 g/mol. The van der Waals surface area contributed by atoms with Crippen molar-refractivity contribution in [2.75, 3.05) is 40.6 Å². The third-order valence-corrected chi connectivity index (χ3v) is 0.864. The Labute approximate surface area is 72.5 Å². The van der Waals surface area contributed by atoms with Crippen LogP contribution in [0.1, 0.15) is 0 Å². The number of hydrogen-bond acceptors (Lipinski definition) is 3. The van der Waals surface area contributed by atoms with Crippen LogP contribution in [0.5, 0.6) is 0 Å². The standard InChI is InChI=1S/C6H14O3.Fe/c1-7-3-5-9-6-4-8-2;/h3-6H2,1-2H3;. The first kappa shape index (κ1) is 13.0. The van der Waals surface area contributed by atoms with Crippen LogP contribution >= 0.6 is 0 Å². The van der Waals surface area contributed by atoms with Gasteiger partial charge in [-0.2, -0.15) is 0 Å². The summed E-state index contributed by atoms with van der Waals surface area (Å²) in [5, 5.41) is 0. The minimum atomic E-state index is 0. The zero-order chi connectivity index (χ0) is 6.95. The van der Waals surface area contributed by atoms with Gasteiger partial charge in [0.05, 0.1) is 26.4 Å². The zero-order valence-corrected chi connectivity index (χ0v) is 7.51. The van der Waals surface area contributed by atoms with E-state index >= 15 is 0 Å². The van der Waals surface area contributed by atoms with E-state index in [1.54, 1.807) is 14.2 Å². The number of rotatable bonds is 6. The van der Waals surface area contributed by atoms with E-state index in [9.17, 15) is 0 Å². The summed E-state index contributed by atoms with van der Waals surface area (Å²) in [7, 11) is 3.30. The average Bonchev–Trinajstić information content (AvgIpc) is 1.89. The van der Waals surface area contributed by atoms with Gasteiger partial charge < -0.3 is 14.2 Å². The molecule has 0 radical (unpaired) electrons. The Hall–Kier alpha value is 0.399. The van der Waals surface area contributed by atoms with E-state index < -0.39 is 0 Å². The Morgan fingerprint density at radius 1 is 0.800 bits per heavy atom. The molecule has 4 heteroatoms. The molecule has 0 saturated carbocycles. The van der Waals surface area contributed by atoms with Gasteiger partial charge in [-0.25, -0.2) is 0 Å². The maximum Gasteiger partial charge on any atom is 0.0701 e. The summed E-state index contributed by atoms with van der Waals surface area (Å²) in [6, 6.07) is 0. The smallest absolute Gasteiger partial charge is 0.0701 e. The van der Waals surface area contributed by atoms with E-state index in [4.69, 9.17) is 14.2 Å². The molecule has 3 nitrogen and oxygen atoms in total. The van der Waals surface area contributed by atoms with Gasteiger partial charge in [-0.15, -0.1) is 0 Å². The summed E-state index contributed by atoms with van der Waals surface area (Å²) in [5.74, 6) is 0. The summed E-state index contributed by atoms with van der Waals surface area (Å²) >= 11 is 0. The molecule has 0 unspecified atom stereocenters. The minimum absolute atomic E-state index is 0. The fraction of sp³-hybridized carbons (Fsp3) is 1.00. The number of methoxy groups -OCH3 is 2. The van der Waals surface area contributed by atoms with Gasteiger partial charge in [-0.1, -0.05) is 0 Å². The molecule has 0 bridgehead atoms. The van der Waals surface area contributed by atoms with Crippen LogP contribution in [0.2, 0.25) is 0 Å². The third kappa shape index (κ3) is 11.2. The van der Waals surface area contributed by atoms with Crippen LogP contribution in [0, 0.1) is 0 Å². The summed E-state index contributed by atoms with van der Waals surface area (Å²) < 4.78 is 14.6. The molecule has 0 aliphatic carbocycles. The maximum atomic E-state index is 5.06. The summed E-state index contributed by atoms with van der Waals surface area (Å²) in [4.78, 5) is 0. The Bertz CT molecular complexity index is 46.3. The van der Waals surface area contributed by atoms with Crippen molar-refractivity contribution in [2.45, 2.75) is 0 Å². The fourth-order valence-corrected chi connectivity index (χ4v) is 0.387. The summed E-state index contributed by atoms with van der Waals surface area (Å²) in [6.45, 7) is 2.62. The molecule has 64 valence electrons. The Balaban J connectivity index is 0. The van der Waals surface area contributed by atoms with Gasteiger partial charge in [0.1, 0.15) is 0 Å².